The molecule has 0 aromatic carbocycles. The molecule has 0 aliphatic carbocycles. The molecule has 76 valence electrons. The van der Waals surface area contributed by atoms with Gasteiger partial charge in [-0.15, -0.1) is 0 Å². The molecule has 2 rings (SSSR count). The quantitative estimate of drug-likeness (QED) is 0.583. The molecule has 0 spiro atoms. The van der Waals surface area contributed by atoms with Crippen LogP contribution >= 0.6 is 0 Å². The second-order valence-electron chi connectivity index (χ2n) is 3.64. The fraction of sp³-hybridized carbons (Fsp3) is 0.556. The maximum atomic E-state index is 11.2. The van der Waals surface area contributed by atoms with Crippen LogP contribution in [0.3, 0.4) is 0 Å². The minimum Gasteiger partial charge on any atom is -0.353 e. The molecule has 1 aromatic rings. The van der Waals surface area contributed by atoms with Gasteiger partial charge in [-0.25, -0.2) is 4.98 Å². The monoisotopic (exact) mass is 194 g/mol. The Morgan fingerprint density at radius 3 is 2.93 bits per heavy atom. The molecule has 1 saturated heterocycles. The van der Waals surface area contributed by atoms with Crippen molar-refractivity contribution in [3.63, 3.8) is 0 Å². The van der Waals surface area contributed by atoms with Gasteiger partial charge in [0, 0.05) is 18.4 Å². The van der Waals surface area contributed by atoms with Gasteiger partial charge < -0.3 is 10.3 Å². The molecule has 0 radical (unpaired) electrons. The number of carbonyl (C=O) groups is 1. The third-order valence-electron chi connectivity index (χ3n) is 2.38. The van der Waals surface area contributed by atoms with Crippen molar-refractivity contribution in [1.82, 2.24) is 20.6 Å². The summed E-state index contributed by atoms with van der Waals surface area (Å²) >= 11 is 0. The van der Waals surface area contributed by atoms with Crippen LogP contribution in [0.25, 0.3) is 0 Å². The summed E-state index contributed by atoms with van der Waals surface area (Å²) in [5.74, 6) is 0.930. The van der Waals surface area contributed by atoms with Crippen LogP contribution in [0.1, 0.15) is 24.5 Å². The summed E-state index contributed by atoms with van der Waals surface area (Å²) < 4.78 is 0. The summed E-state index contributed by atoms with van der Waals surface area (Å²) in [7, 11) is 0. The Balaban J connectivity index is 2.10. The van der Waals surface area contributed by atoms with Crippen LogP contribution in [0.15, 0.2) is 6.20 Å². The van der Waals surface area contributed by atoms with E-state index >= 15 is 0 Å². The number of amides is 1. The highest BCUT2D eigenvalue weighted by molar-refractivity contribution is 5.82. The molecule has 0 saturated carbocycles. The highest BCUT2D eigenvalue weighted by Gasteiger charge is 2.26. The molecule has 5 heteroatoms. The van der Waals surface area contributed by atoms with Crippen molar-refractivity contribution >= 4 is 5.91 Å². The van der Waals surface area contributed by atoms with E-state index in [2.05, 4.69) is 20.6 Å². The van der Waals surface area contributed by atoms with E-state index in [9.17, 15) is 4.79 Å². The van der Waals surface area contributed by atoms with Crippen LogP contribution in [0.5, 0.6) is 0 Å². The minimum atomic E-state index is -0.154. The van der Waals surface area contributed by atoms with Crippen LogP contribution < -0.4 is 10.6 Å². The van der Waals surface area contributed by atoms with Crippen LogP contribution in [0.2, 0.25) is 0 Å². The topological polar surface area (TPSA) is 69.8 Å². The molecule has 1 unspecified atom stereocenters. The van der Waals surface area contributed by atoms with Gasteiger partial charge in [-0.2, -0.15) is 0 Å². The highest BCUT2D eigenvalue weighted by atomic mass is 16.2. The zero-order valence-corrected chi connectivity index (χ0v) is 8.29. The molecular formula is C9H14N4O. The van der Waals surface area contributed by atoms with Crippen LogP contribution in [0.4, 0.5) is 0 Å². The lowest BCUT2D eigenvalue weighted by atomic mass is 10.1. The largest absolute Gasteiger partial charge is 0.353 e. The van der Waals surface area contributed by atoms with Gasteiger partial charge in [-0.05, 0) is 13.8 Å². The first-order valence-corrected chi connectivity index (χ1v) is 4.72. The average molecular weight is 194 g/mol. The molecule has 2 heterocycles. The molecule has 1 amide bonds. The molecule has 1 aliphatic rings. The van der Waals surface area contributed by atoms with Crippen molar-refractivity contribution in [3.8, 4) is 0 Å². The number of H-pyrrole nitrogens is 1. The predicted molar refractivity (Wildman–Crippen MR) is 51.7 cm³/mol. The van der Waals surface area contributed by atoms with E-state index in [1.54, 1.807) is 6.20 Å². The molecule has 1 aromatic heterocycles. The number of aryl methyl sites for hydroxylation is 1. The van der Waals surface area contributed by atoms with Crippen molar-refractivity contribution in [2.24, 2.45) is 0 Å². The third-order valence-corrected chi connectivity index (χ3v) is 2.38. The van der Waals surface area contributed by atoms with Crippen molar-refractivity contribution in [2.45, 2.75) is 25.9 Å². The molecule has 0 bridgehead atoms. The van der Waals surface area contributed by atoms with E-state index in [1.807, 2.05) is 13.8 Å². The number of carbonyl (C=O) groups excluding carboxylic acids is 1. The molecule has 2 atom stereocenters. The summed E-state index contributed by atoms with van der Waals surface area (Å²) in [5, 5.41) is 6.02. The van der Waals surface area contributed by atoms with Gasteiger partial charge in [0.2, 0.25) is 5.91 Å². The van der Waals surface area contributed by atoms with Crippen LogP contribution in [-0.2, 0) is 4.79 Å². The summed E-state index contributed by atoms with van der Waals surface area (Å²) in [6, 6.07) is -0.0597. The van der Waals surface area contributed by atoms with E-state index in [-0.39, 0.29) is 18.0 Å². The Hall–Kier alpha value is -1.36. The second-order valence-corrected chi connectivity index (χ2v) is 3.64. The summed E-state index contributed by atoms with van der Waals surface area (Å²) in [4.78, 5) is 18.6. The van der Waals surface area contributed by atoms with E-state index < -0.39 is 0 Å². The van der Waals surface area contributed by atoms with Gasteiger partial charge in [-0.3, -0.25) is 10.1 Å². The van der Waals surface area contributed by atoms with Gasteiger partial charge in [0.1, 0.15) is 5.82 Å². The first kappa shape index (κ1) is 9.21. The van der Waals surface area contributed by atoms with Crippen LogP contribution in [0, 0.1) is 6.92 Å². The fourth-order valence-corrected chi connectivity index (χ4v) is 1.58. The highest BCUT2D eigenvalue weighted by Crippen LogP contribution is 2.11. The number of imidazole rings is 1. The van der Waals surface area contributed by atoms with Crippen LogP contribution in [-0.4, -0.2) is 28.5 Å². The minimum absolute atomic E-state index is 0.0459. The SMILES string of the molecule is Cc1cnc(C2CNC(=O)[C@@H](C)N2)[nH]1. The lowest BCUT2D eigenvalue weighted by Crippen LogP contribution is -2.53. The zero-order chi connectivity index (χ0) is 10.1. The molecule has 14 heavy (non-hydrogen) atoms. The smallest absolute Gasteiger partial charge is 0.236 e. The number of nitrogens with zero attached hydrogens (tertiary/aromatic N) is 1. The first-order valence-electron chi connectivity index (χ1n) is 4.72. The van der Waals surface area contributed by atoms with Gasteiger partial charge in [0.05, 0.1) is 12.1 Å². The summed E-state index contributed by atoms with van der Waals surface area (Å²) in [6.45, 7) is 4.40. The molecule has 1 fully saturated rings. The lowest BCUT2D eigenvalue weighted by molar-refractivity contribution is -0.124. The normalized spacial score (nSPS) is 27.4. The maximum absolute atomic E-state index is 11.2. The van der Waals surface area contributed by atoms with Crippen molar-refractivity contribution < 1.29 is 4.79 Å². The number of piperazine rings is 1. The third kappa shape index (κ3) is 1.63. The average Bonchev–Trinajstić information content (AvgIpc) is 2.57. The van der Waals surface area contributed by atoms with Gasteiger partial charge in [0.25, 0.3) is 0 Å². The summed E-state index contributed by atoms with van der Waals surface area (Å²) in [5.41, 5.74) is 1.03. The Kier molecular flexibility index (Phi) is 2.25. The van der Waals surface area contributed by atoms with Gasteiger partial charge in [0.15, 0.2) is 0 Å². The van der Waals surface area contributed by atoms with E-state index in [4.69, 9.17) is 0 Å². The zero-order valence-electron chi connectivity index (χ0n) is 8.29. The van der Waals surface area contributed by atoms with E-state index in [0.717, 1.165) is 11.5 Å². The maximum Gasteiger partial charge on any atom is 0.236 e. The van der Waals surface area contributed by atoms with E-state index in [0.29, 0.717) is 6.54 Å². The van der Waals surface area contributed by atoms with Crippen molar-refractivity contribution in [2.75, 3.05) is 6.54 Å². The van der Waals surface area contributed by atoms with Gasteiger partial charge in [-0.1, -0.05) is 0 Å². The van der Waals surface area contributed by atoms with E-state index in [1.165, 1.54) is 0 Å². The Morgan fingerprint density at radius 2 is 2.36 bits per heavy atom. The first-order chi connectivity index (χ1) is 6.66. The Morgan fingerprint density at radius 1 is 1.57 bits per heavy atom. The standard InChI is InChI=1S/C9H14N4O/c1-5-3-10-8(12-5)7-4-11-9(14)6(2)13-7/h3,6-7,13H,4H2,1-2H3,(H,10,12)(H,11,14)/t6-,7?/m1/s1. The number of hydrogen-bond acceptors (Lipinski definition) is 3. The molecule has 3 N–H and O–H groups in total. The molecule has 5 nitrogen and oxygen atoms in total. The lowest BCUT2D eigenvalue weighted by Gasteiger charge is -2.27. The summed E-state index contributed by atoms with van der Waals surface area (Å²) in [6.07, 6.45) is 1.79. The van der Waals surface area contributed by atoms with Crippen molar-refractivity contribution in [3.05, 3.63) is 17.7 Å². The van der Waals surface area contributed by atoms with Crippen molar-refractivity contribution in [1.29, 1.82) is 0 Å². The molecule has 1 aliphatic heterocycles. The number of rotatable bonds is 1. The fourth-order valence-electron chi connectivity index (χ4n) is 1.58. The predicted octanol–water partition coefficient (Wildman–Crippen LogP) is -0.133. The molecular weight excluding hydrogens is 180 g/mol. The number of hydrogen-bond donors (Lipinski definition) is 3. The number of aromatic nitrogens is 2. The number of aromatic amines is 1. The Bertz CT molecular complexity index is 346. The second kappa shape index (κ2) is 3.42. The number of nitrogens with one attached hydrogen (secondary N) is 3. The Labute approximate surface area is 82.3 Å². The van der Waals surface area contributed by atoms with Gasteiger partial charge >= 0.3 is 0 Å².